The summed E-state index contributed by atoms with van der Waals surface area (Å²) in [5, 5.41) is 10.3. The fourth-order valence-electron chi connectivity index (χ4n) is 1.86. The van der Waals surface area contributed by atoms with Crippen LogP contribution in [0.25, 0.3) is 0 Å². The van der Waals surface area contributed by atoms with Crippen molar-refractivity contribution < 1.29 is 9.84 Å². The van der Waals surface area contributed by atoms with Crippen LogP contribution in [0, 0.1) is 0 Å². The van der Waals surface area contributed by atoms with Crippen LogP contribution < -0.4 is 10.3 Å². The molecule has 0 saturated heterocycles. The Morgan fingerprint density at radius 2 is 1.89 bits per heavy atom. The lowest BCUT2D eigenvalue weighted by Crippen LogP contribution is -2.24. The Balaban J connectivity index is 2.57. The highest BCUT2D eigenvalue weighted by Gasteiger charge is 2.19. The van der Waals surface area contributed by atoms with E-state index in [0.29, 0.717) is 11.3 Å². The summed E-state index contributed by atoms with van der Waals surface area (Å²) in [6.45, 7) is 0. The number of benzene rings is 1. The molecule has 0 bridgehead atoms. The Hall–Kier alpha value is -2.07. The van der Waals surface area contributed by atoms with Gasteiger partial charge >= 0.3 is 0 Å². The zero-order chi connectivity index (χ0) is 13.1. The van der Waals surface area contributed by atoms with Crippen molar-refractivity contribution in [1.29, 1.82) is 0 Å². The van der Waals surface area contributed by atoms with Crippen LogP contribution in [0.15, 0.2) is 47.4 Å². The predicted molar refractivity (Wildman–Crippen MR) is 68.7 cm³/mol. The summed E-state index contributed by atoms with van der Waals surface area (Å²) in [4.78, 5) is 12.1. The van der Waals surface area contributed by atoms with Crippen molar-refractivity contribution in [1.82, 2.24) is 4.57 Å². The van der Waals surface area contributed by atoms with Crippen LogP contribution in [0.5, 0.6) is 5.75 Å². The molecule has 1 atom stereocenters. The van der Waals surface area contributed by atoms with Gasteiger partial charge in [-0.15, -0.1) is 0 Å². The summed E-state index contributed by atoms with van der Waals surface area (Å²) in [6.07, 6.45) is 0.628. The summed E-state index contributed by atoms with van der Waals surface area (Å²) in [6, 6.07) is 10.7. The lowest BCUT2D eigenvalue weighted by Gasteiger charge is -2.15. The number of methoxy groups -OCH3 is 1. The maximum atomic E-state index is 12.1. The zero-order valence-corrected chi connectivity index (χ0v) is 10.3. The van der Waals surface area contributed by atoms with Gasteiger partial charge in [-0.3, -0.25) is 4.79 Å². The van der Waals surface area contributed by atoms with Gasteiger partial charge in [0.1, 0.15) is 11.9 Å². The van der Waals surface area contributed by atoms with E-state index in [0.717, 1.165) is 0 Å². The van der Waals surface area contributed by atoms with Gasteiger partial charge in [-0.2, -0.15) is 0 Å². The molecular formula is C14H15NO3. The average Bonchev–Trinajstić information content (AvgIpc) is 2.42. The third-order valence-corrected chi connectivity index (χ3v) is 2.87. The number of nitrogens with zero attached hydrogens (tertiary/aromatic N) is 1. The molecule has 2 rings (SSSR count). The number of ether oxygens (including phenoxy) is 1. The topological polar surface area (TPSA) is 51.5 Å². The second kappa shape index (κ2) is 5.06. The van der Waals surface area contributed by atoms with Gasteiger partial charge < -0.3 is 14.4 Å². The van der Waals surface area contributed by atoms with Crippen molar-refractivity contribution in [3.05, 3.63) is 64.1 Å². The van der Waals surface area contributed by atoms with E-state index in [1.54, 1.807) is 31.4 Å². The zero-order valence-electron chi connectivity index (χ0n) is 10.3. The molecule has 0 fully saturated rings. The third kappa shape index (κ3) is 2.15. The van der Waals surface area contributed by atoms with Crippen LogP contribution in [0.2, 0.25) is 0 Å². The maximum absolute atomic E-state index is 12.1. The molecule has 18 heavy (non-hydrogen) atoms. The number of hydrogen-bond donors (Lipinski definition) is 1. The molecule has 0 aliphatic carbocycles. The van der Waals surface area contributed by atoms with E-state index in [1.165, 1.54) is 11.7 Å². The molecular weight excluding hydrogens is 230 g/mol. The van der Waals surface area contributed by atoms with Crippen LogP contribution in [0.4, 0.5) is 0 Å². The van der Waals surface area contributed by atoms with Gasteiger partial charge in [0, 0.05) is 13.2 Å². The molecule has 2 aromatic rings. The van der Waals surface area contributed by atoms with Crippen LogP contribution >= 0.6 is 0 Å². The van der Waals surface area contributed by atoms with E-state index in [-0.39, 0.29) is 11.1 Å². The van der Waals surface area contributed by atoms with Crippen molar-refractivity contribution >= 4 is 0 Å². The second-order valence-corrected chi connectivity index (χ2v) is 4.03. The van der Waals surface area contributed by atoms with Crippen molar-refractivity contribution in [2.75, 3.05) is 7.11 Å². The van der Waals surface area contributed by atoms with Crippen molar-refractivity contribution in [2.24, 2.45) is 7.05 Å². The SMILES string of the molecule is COc1ccn(C)c(=O)c1C(O)c1ccccc1. The first-order chi connectivity index (χ1) is 8.65. The van der Waals surface area contributed by atoms with E-state index in [1.807, 2.05) is 18.2 Å². The highest BCUT2D eigenvalue weighted by atomic mass is 16.5. The first-order valence-electron chi connectivity index (χ1n) is 5.61. The van der Waals surface area contributed by atoms with Gasteiger partial charge in [-0.05, 0) is 11.6 Å². The van der Waals surface area contributed by atoms with Gasteiger partial charge in [0.05, 0.1) is 12.7 Å². The molecule has 0 amide bonds. The van der Waals surface area contributed by atoms with Crippen LogP contribution in [-0.2, 0) is 7.05 Å². The minimum absolute atomic E-state index is 0.258. The number of aryl methyl sites for hydroxylation is 1. The fourth-order valence-corrected chi connectivity index (χ4v) is 1.86. The summed E-state index contributed by atoms with van der Waals surface area (Å²) in [5.41, 5.74) is 0.665. The Morgan fingerprint density at radius 1 is 1.22 bits per heavy atom. The standard InChI is InChI=1S/C14H15NO3/c1-15-9-8-11(18-2)12(14(15)17)13(16)10-6-4-3-5-7-10/h3-9,13,16H,1-2H3. The number of pyridine rings is 1. The Morgan fingerprint density at radius 3 is 2.50 bits per heavy atom. The molecule has 0 radical (unpaired) electrons. The largest absolute Gasteiger partial charge is 0.496 e. The molecule has 94 valence electrons. The molecule has 0 saturated carbocycles. The normalized spacial score (nSPS) is 12.2. The van der Waals surface area contributed by atoms with Crippen molar-refractivity contribution in [2.45, 2.75) is 6.10 Å². The fraction of sp³-hybridized carbons (Fsp3) is 0.214. The molecule has 1 aromatic heterocycles. The number of aliphatic hydroxyl groups is 1. The molecule has 4 nitrogen and oxygen atoms in total. The van der Waals surface area contributed by atoms with E-state index in [4.69, 9.17) is 4.74 Å². The lowest BCUT2D eigenvalue weighted by molar-refractivity contribution is 0.212. The van der Waals surface area contributed by atoms with Gasteiger partial charge in [-0.1, -0.05) is 30.3 Å². The molecule has 1 unspecified atom stereocenters. The van der Waals surface area contributed by atoms with Crippen LogP contribution in [-0.4, -0.2) is 16.8 Å². The summed E-state index contributed by atoms with van der Waals surface area (Å²) in [7, 11) is 3.12. The number of hydrogen-bond acceptors (Lipinski definition) is 3. The molecule has 4 heteroatoms. The highest BCUT2D eigenvalue weighted by Crippen LogP contribution is 2.26. The van der Waals surface area contributed by atoms with E-state index >= 15 is 0 Å². The second-order valence-electron chi connectivity index (χ2n) is 4.03. The molecule has 0 spiro atoms. The van der Waals surface area contributed by atoms with Crippen molar-refractivity contribution in [3.63, 3.8) is 0 Å². The smallest absolute Gasteiger partial charge is 0.260 e. The number of rotatable bonds is 3. The quantitative estimate of drug-likeness (QED) is 0.891. The van der Waals surface area contributed by atoms with Gasteiger partial charge in [0.2, 0.25) is 0 Å². The third-order valence-electron chi connectivity index (χ3n) is 2.87. The molecule has 1 N–H and O–H groups in total. The van der Waals surface area contributed by atoms with E-state index < -0.39 is 6.10 Å². The maximum Gasteiger partial charge on any atom is 0.260 e. The average molecular weight is 245 g/mol. The minimum Gasteiger partial charge on any atom is -0.496 e. The summed E-state index contributed by atoms with van der Waals surface area (Å²) in [5.74, 6) is 0.398. The summed E-state index contributed by atoms with van der Waals surface area (Å²) >= 11 is 0. The number of aromatic nitrogens is 1. The first-order valence-corrected chi connectivity index (χ1v) is 5.61. The van der Waals surface area contributed by atoms with Gasteiger partial charge in [0.15, 0.2) is 0 Å². The van der Waals surface area contributed by atoms with Crippen molar-refractivity contribution in [3.8, 4) is 5.75 Å². The monoisotopic (exact) mass is 245 g/mol. The Bertz CT molecular complexity index is 590. The Kier molecular flexibility index (Phi) is 3.48. The predicted octanol–water partition coefficient (Wildman–Crippen LogP) is 1.48. The van der Waals surface area contributed by atoms with Gasteiger partial charge in [0.25, 0.3) is 5.56 Å². The van der Waals surface area contributed by atoms with Gasteiger partial charge in [-0.25, -0.2) is 0 Å². The van der Waals surface area contributed by atoms with E-state index in [2.05, 4.69) is 0 Å². The lowest BCUT2D eigenvalue weighted by atomic mass is 10.0. The Labute approximate surface area is 105 Å². The van der Waals surface area contributed by atoms with Crippen LogP contribution in [0.3, 0.4) is 0 Å². The van der Waals surface area contributed by atoms with Crippen LogP contribution in [0.1, 0.15) is 17.2 Å². The highest BCUT2D eigenvalue weighted by molar-refractivity contribution is 5.38. The summed E-state index contributed by atoms with van der Waals surface area (Å²) < 4.78 is 6.57. The number of aliphatic hydroxyl groups excluding tert-OH is 1. The molecule has 1 heterocycles. The molecule has 1 aromatic carbocycles. The van der Waals surface area contributed by atoms with E-state index in [9.17, 15) is 9.90 Å². The first kappa shape index (κ1) is 12.4. The molecule has 0 aliphatic rings. The minimum atomic E-state index is -0.985. The molecule has 0 aliphatic heterocycles.